The summed E-state index contributed by atoms with van der Waals surface area (Å²) >= 11 is 1.54. The smallest absolute Gasteiger partial charge is 0.121 e. The maximum Gasteiger partial charge on any atom is 0.121 e. The molecular weight excluding hydrogens is 334 g/mol. The van der Waals surface area contributed by atoms with E-state index in [-0.39, 0.29) is 0 Å². The van der Waals surface area contributed by atoms with Crippen LogP contribution in [0.5, 0.6) is 0 Å². The average Bonchev–Trinajstić information content (AvgIpc) is 3.00. The van der Waals surface area contributed by atoms with E-state index in [0.29, 0.717) is 13.1 Å². The highest BCUT2D eigenvalue weighted by Gasteiger charge is 2.23. The normalized spacial score (nSPS) is 16.5. The van der Waals surface area contributed by atoms with Crippen LogP contribution in [0, 0.1) is 0 Å². The number of β-amino-alcohol motifs (C(OH)–C–C–N with tert-alkyl or cyclic N) is 1. The predicted molar refractivity (Wildman–Crippen MR) is 102 cm³/mol. The number of aliphatic hydroxyl groups is 2. The average molecular weight is 362 g/mol. The van der Waals surface area contributed by atoms with Crippen LogP contribution in [0.4, 0.5) is 5.69 Å². The van der Waals surface area contributed by atoms with Crippen molar-refractivity contribution >= 4 is 17.0 Å². The third-order valence-electron chi connectivity index (χ3n) is 4.34. The molecule has 1 unspecified atom stereocenters. The van der Waals surface area contributed by atoms with Gasteiger partial charge in [0.25, 0.3) is 0 Å². The van der Waals surface area contributed by atoms with Crippen LogP contribution >= 0.6 is 11.3 Å². The molecule has 3 rings (SSSR count). The van der Waals surface area contributed by atoms with E-state index in [4.69, 9.17) is 0 Å². The second-order valence-corrected chi connectivity index (χ2v) is 8.56. The van der Waals surface area contributed by atoms with Gasteiger partial charge in [0.15, 0.2) is 0 Å². The molecule has 0 spiro atoms. The Kier molecular flexibility index (Phi) is 5.43. The summed E-state index contributed by atoms with van der Waals surface area (Å²) in [5.41, 5.74) is 3.21. The molecule has 0 saturated heterocycles. The predicted octanol–water partition coefficient (Wildman–Crippen LogP) is 2.94. The van der Waals surface area contributed by atoms with Gasteiger partial charge in [-0.15, -0.1) is 11.3 Å². The molecule has 0 bridgehead atoms. The summed E-state index contributed by atoms with van der Waals surface area (Å²) in [6, 6.07) is 6.39. The lowest BCUT2D eigenvalue weighted by Gasteiger charge is -2.34. The molecule has 2 aromatic rings. The Labute approximate surface area is 153 Å². The molecule has 136 valence electrons. The summed E-state index contributed by atoms with van der Waals surface area (Å²) in [5, 5.41) is 23.9. The van der Waals surface area contributed by atoms with Gasteiger partial charge in [0.2, 0.25) is 0 Å². The molecule has 2 heterocycles. The minimum atomic E-state index is -0.666. The molecule has 1 atom stereocenters. The lowest BCUT2D eigenvalue weighted by Crippen LogP contribution is -2.41. The first-order valence-electron chi connectivity index (χ1n) is 8.74. The number of fused-ring (bicyclic) bond motifs is 1. The number of benzene rings is 1. The summed E-state index contributed by atoms with van der Waals surface area (Å²) in [6.07, 6.45) is 2.31. The van der Waals surface area contributed by atoms with Crippen LogP contribution in [-0.2, 0) is 19.5 Å². The van der Waals surface area contributed by atoms with Crippen molar-refractivity contribution in [3.63, 3.8) is 0 Å². The number of anilines is 1. The van der Waals surface area contributed by atoms with Gasteiger partial charge >= 0.3 is 0 Å². The second-order valence-electron chi connectivity index (χ2n) is 7.41. The van der Waals surface area contributed by atoms with E-state index >= 15 is 0 Å². The topological polar surface area (TPSA) is 68.6 Å². The fourth-order valence-corrected chi connectivity index (χ4v) is 4.09. The van der Waals surface area contributed by atoms with E-state index in [1.165, 1.54) is 16.8 Å². The maximum atomic E-state index is 10.0. The summed E-state index contributed by atoms with van der Waals surface area (Å²) in [5.74, 6) is 0. The number of hydrogen-bond acceptors (Lipinski definition) is 6. The Morgan fingerprint density at radius 1 is 1.40 bits per heavy atom. The molecule has 0 aliphatic carbocycles. The number of thiazole rings is 1. The molecule has 1 aliphatic rings. The summed E-state index contributed by atoms with van der Waals surface area (Å²) in [7, 11) is 0. The number of nitrogens with one attached hydrogen (secondary N) is 1. The van der Waals surface area contributed by atoms with E-state index < -0.39 is 11.7 Å². The van der Waals surface area contributed by atoms with Crippen molar-refractivity contribution in [2.45, 2.75) is 52.0 Å². The molecule has 0 amide bonds. The highest BCUT2D eigenvalue weighted by Crippen LogP contribution is 2.28. The van der Waals surface area contributed by atoms with Gasteiger partial charge in [0, 0.05) is 36.4 Å². The van der Waals surface area contributed by atoms with Crippen molar-refractivity contribution in [1.29, 1.82) is 0 Å². The molecule has 1 aliphatic heterocycles. The lowest BCUT2D eigenvalue weighted by molar-refractivity contribution is 0.0318. The molecule has 3 N–H and O–H groups in total. The molecule has 5 nitrogen and oxygen atoms in total. The van der Waals surface area contributed by atoms with E-state index in [1.54, 1.807) is 18.3 Å². The Bertz CT molecular complexity index is 722. The van der Waals surface area contributed by atoms with E-state index in [0.717, 1.165) is 29.4 Å². The van der Waals surface area contributed by atoms with Gasteiger partial charge in [-0.1, -0.05) is 12.1 Å². The highest BCUT2D eigenvalue weighted by molar-refractivity contribution is 7.11. The van der Waals surface area contributed by atoms with Crippen molar-refractivity contribution in [3.05, 3.63) is 45.4 Å². The molecule has 0 radical (unpaired) electrons. The fourth-order valence-electron chi connectivity index (χ4n) is 3.30. The monoisotopic (exact) mass is 361 g/mol. The summed E-state index contributed by atoms with van der Waals surface area (Å²) < 4.78 is 0. The van der Waals surface area contributed by atoms with Crippen molar-refractivity contribution in [1.82, 2.24) is 9.88 Å². The van der Waals surface area contributed by atoms with Crippen LogP contribution in [0.3, 0.4) is 0 Å². The molecule has 1 aromatic heterocycles. The Morgan fingerprint density at radius 3 is 2.88 bits per heavy atom. The minimum absolute atomic E-state index is 0.509. The highest BCUT2D eigenvalue weighted by atomic mass is 32.1. The first kappa shape index (κ1) is 18.3. The zero-order valence-electron chi connectivity index (χ0n) is 15.1. The zero-order valence-corrected chi connectivity index (χ0v) is 15.9. The third kappa shape index (κ3) is 4.79. The SMILES string of the molecule is CC(O)c1ncc(CNc2cccc3c2CCN(CC(C)(C)O)C3)s1. The number of aromatic nitrogens is 1. The number of aliphatic hydroxyl groups excluding tert-OH is 1. The van der Waals surface area contributed by atoms with Gasteiger partial charge in [-0.2, -0.15) is 0 Å². The molecule has 0 saturated carbocycles. The standard InChI is InChI=1S/C19H27N3O2S/c1-13(23)18-21-10-15(25-18)9-20-17-6-4-5-14-11-22(8-7-16(14)17)12-19(2,3)24/h4-6,10,13,20,23-24H,7-9,11-12H2,1-3H3. The molecule has 0 fully saturated rings. The van der Waals surface area contributed by atoms with Gasteiger partial charge in [0.05, 0.1) is 12.1 Å². The minimum Gasteiger partial charge on any atom is -0.389 e. The van der Waals surface area contributed by atoms with Crippen LogP contribution in [0.15, 0.2) is 24.4 Å². The van der Waals surface area contributed by atoms with Crippen molar-refractivity contribution in [2.24, 2.45) is 0 Å². The van der Waals surface area contributed by atoms with E-state index in [1.807, 2.05) is 20.0 Å². The van der Waals surface area contributed by atoms with Crippen LogP contribution in [0.25, 0.3) is 0 Å². The largest absolute Gasteiger partial charge is 0.389 e. The maximum absolute atomic E-state index is 10.0. The van der Waals surface area contributed by atoms with Crippen LogP contribution < -0.4 is 5.32 Å². The molecular formula is C19H27N3O2S. The lowest BCUT2D eigenvalue weighted by atomic mass is 9.96. The van der Waals surface area contributed by atoms with Crippen molar-refractivity contribution in [2.75, 3.05) is 18.4 Å². The second kappa shape index (κ2) is 7.41. The van der Waals surface area contributed by atoms with E-state index in [9.17, 15) is 10.2 Å². The first-order chi connectivity index (χ1) is 11.8. The summed E-state index contributed by atoms with van der Waals surface area (Å²) in [6.45, 7) is 8.70. The Balaban J connectivity index is 1.67. The molecule has 25 heavy (non-hydrogen) atoms. The third-order valence-corrected chi connectivity index (χ3v) is 5.51. The van der Waals surface area contributed by atoms with Crippen molar-refractivity contribution < 1.29 is 10.2 Å². The van der Waals surface area contributed by atoms with Gasteiger partial charge in [-0.05, 0) is 44.4 Å². The van der Waals surface area contributed by atoms with Crippen molar-refractivity contribution in [3.8, 4) is 0 Å². The van der Waals surface area contributed by atoms with Crippen LogP contribution in [0.1, 0.15) is 47.9 Å². The van der Waals surface area contributed by atoms with Gasteiger partial charge < -0.3 is 15.5 Å². The quantitative estimate of drug-likeness (QED) is 0.738. The van der Waals surface area contributed by atoms with Gasteiger partial charge in [-0.25, -0.2) is 4.98 Å². The van der Waals surface area contributed by atoms with Crippen LogP contribution in [-0.4, -0.2) is 38.8 Å². The zero-order chi connectivity index (χ0) is 18.0. The molecule has 6 heteroatoms. The number of rotatable bonds is 6. The van der Waals surface area contributed by atoms with E-state index in [2.05, 4.69) is 33.4 Å². The Hall–Kier alpha value is -1.47. The summed E-state index contributed by atoms with van der Waals surface area (Å²) in [4.78, 5) is 7.69. The fraction of sp³-hybridized carbons (Fsp3) is 0.526. The van der Waals surface area contributed by atoms with Gasteiger partial charge in [0.1, 0.15) is 11.1 Å². The first-order valence-corrected chi connectivity index (χ1v) is 9.55. The van der Waals surface area contributed by atoms with Gasteiger partial charge in [-0.3, -0.25) is 4.90 Å². The Morgan fingerprint density at radius 2 is 2.20 bits per heavy atom. The number of nitrogens with zero attached hydrogens (tertiary/aromatic N) is 2. The number of hydrogen-bond donors (Lipinski definition) is 3. The van der Waals surface area contributed by atoms with Crippen LogP contribution in [0.2, 0.25) is 0 Å². The molecule has 1 aromatic carbocycles.